The van der Waals surface area contributed by atoms with Crippen LogP contribution in [0.25, 0.3) is 10.9 Å². The minimum atomic E-state index is 0.0752. The number of para-hydroxylation sites is 1. The van der Waals surface area contributed by atoms with Gasteiger partial charge in [-0.25, -0.2) is 0 Å². The summed E-state index contributed by atoms with van der Waals surface area (Å²) in [7, 11) is 0. The lowest BCUT2D eigenvalue weighted by Crippen LogP contribution is -1.89. The number of H-pyrrole nitrogens is 1. The molecule has 1 heterocycles. The van der Waals surface area contributed by atoms with Gasteiger partial charge in [-0.2, -0.15) is 0 Å². The lowest BCUT2D eigenvalue weighted by Gasteiger charge is -1.85. The lowest BCUT2D eigenvalue weighted by atomic mass is 10.2. The second kappa shape index (κ2) is 2.48. The van der Waals surface area contributed by atoms with Crippen molar-refractivity contribution in [2.45, 2.75) is 6.92 Å². The van der Waals surface area contributed by atoms with Crippen molar-refractivity contribution in [3.63, 3.8) is 0 Å². The van der Waals surface area contributed by atoms with E-state index in [1.807, 2.05) is 30.3 Å². The maximum absolute atomic E-state index is 11.0. The highest BCUT2D eigenvalue weighted by atomic mass is 16.1. The normalized spacial score (nSPS) is 10.4. The average molecular weight is 159 g/mol. The third-order valence-corrected chi connectivity index (χ3v) is 1.91. The van der Waals surface area contributed by atoms with E-state index in [9.17, 15) is 4.79 Å². The number of hydrogen-bond acceptors (Lipinski definition) is 1. The highest BCUT2D eigenvalue weighted by Crippen LogP contribution is 2.14. The molecule has 0 aliphatic rings. The summed E-state index contributed by atoms with van der Waals surface area (Å²) in [6.45, 7) is 1.56. The lowest BCUT2D eigenvalue weighted by molar-refractivity contribution is 0.101. The summed E-state index contributed by atoms with van der Waals surface area (Å²) < 4.78 is 0. The molecule has 2 aromatic rings. The summed E-state index contributed by atoms with van der Waals surface area (Å²) in [5, 5.41) is 1.09. The van der Waals surface area contributed by atoms with Crippen LogP contribution in [0.15, 0.2) is 30.3 Å². The molecule has 2 heteroatoms. The van der Waals surface area contributed by atoms with E-state index in [0.29, 0.717) is 5.69 Å². The van der Waals surface area contributed by atoms with Crippen molar-refractivity contribution in [1.82, 2.24) is 4.98 Å². The van der Waals surface area contributed by atoms with Gasteiger partial charge in [0.15, 0.2) is 5.78 Å². The van der Waals surface area contributed by atoms with Gasteiger partial charge in [-0.05, 0) is 12.1 Å². The Morgan fingerprint density at radius 2 is 2.08 bits per heavy atom. The smallest absolute Gasteiger partial charge is 0.175 e. The largest absolute Gasteiger partial charge is 0.352 e. The summed E-state index contributed by atoms with van der Waals surface area (Å²) in [5.74, 6) is 0.0752. The predicted octanol–water partition coefficient (Wildman–Crippen LogP) is 2.37. The summed E-state index contributed by atoms with van der Waals surface area (Å²) in [6.07, 6.45) is 0. The second-order valence-electron chi connectivity index (χ2n) is 2.83. The second-order valence-corrected chi connectivity index (χ2v) is 2.83. The monoisotopic (exact) mass is 159 g/mol. The van der Waals surface area contributed by atoms with Crippen molar-refractivity contribution in [2.24, 2.45) is 0 Å². The van der Waals surface area contributed by atoms with Gasteiger partial charge in [0.2, 0.25) is 0 Å². The molecule has 2 nitrogen and oxygen atoms in total. The molecule has 0 radical (unpaired) electrons. The number of fused-ring (bicyclic) bond motifs is 1. The van der Waals surface area contributed by atoms with Crippen LogP contribution in [0, 0.1) is 0 Å². The molecule has 0 spiro atoms. The van der Waals surface area contributed by atoms with Gasteiger partial charge in [0.1, 0.15) is 0 Å². The number of benzene rings is 1. The highest BCUT2D eigenvalue weighted by Gasteiger charge is 2.02. The summed E-state index contributed by atoms with van der Waals surface area (Å²) in [4.78, 5) is 14.0. The van der Waals surface area contributed by atoms with Crippen LogP contribution in [-0.2, 0) is 0 Å². The number of rotatable bonds is 1. The fourth-order valence-electron chi connectivity index (χ4n) is 1.26. The van der Waals surface area contributed by atoms with E-state index >= 15 is 0 Å². The molecule has 0 saturated heterocycles. The molecular formula is C10H9NO. The van der Waals surface area contributed by atoms with Crippen LogP contribution in [0.3, 0.4) is 0 Å². The van der Waals surface area contributed by atoms with Crippen LogP contribution in [-0.4, -0.2) is 10.8 Å². The van der Waals surface area contributed by atoms with Crippen molar-refractivity contribution < 1.29 is 4.79 Å². The van der Waals surface area contributed by atoms with Gasteiger partial charge in [0, 0.05) is 17.8 Å². The zero-order valence-electron chi connectivity index (χ0n) is 6.79. The van der Waals surface area contributed by atoms with Crippen molar-refractivity contribution >= 4 is 16.7 Å². The quantitative estimate of drug-likeness (QED) is 0.636. The van der Waals surface area contributed by atoms with E-state index in [0.717, 1.165) is 10.9 Å². The summed E-state index contributed by atoms with van der Waals surface area (Å²) in [5.41, 5.74) is 1.69. The Morgan fingerprint density at radius 3 is 2.75 bits per heavy atom. The Labute approximate surface area is 70.2 Å². The molecule has 12 heavy (non-hydrogen) atoms. The molecule has 0 atom stereocenters. The fourth-order valence-corrected chi connectivity index (χ4v) is 1.26. The van der Waals surface area contributed by atoms with Crippen LogP contribution in [0.4, 0.5) is 0 Å². The van der Waals surface area contributed by atoms with E-state index in [4.69, 9.17) is 0 Å². The maximum atomic E-state index is 11.0. The zero-order chi connectivity index (χ0) is 8.55. The number of aromatic amines is 1. The van der Waals surface area contributed by atoms with Gasteiger partial charge in [0.25, 0.3) is 0 Å². The van der Waals surface area contributed by atoms with Gasteiger partial charge >= 0.3 is 0 Å². The van der Waals surface area contributed by atoms with E-state index in [1.54, 1.807) is 6.92 Å². The van der Waals surface area contributed by atoms with Gasteiger partial charge < -0.3 is 4.98 Å². The molecule has 60 valence electrons. The van der Waals surface area contributed by atoms with Crippen LogP contribution in [0.5, 0.6) is 0 Å². The number of Topliss-reactive ketones (excluding diaryl/α,β-unsaturated/α-hetero) is 1. The van der Waals surface area contributed by atoms with Crippen LogP contribution in [0.2, 0.25) is 0 Å². The number of carbonyl (C=O) groups excluding carboxylic acids is 1. The molecule has 1 N–H and O–H groups in total. The molecular weight excluding hydrogens is 150 g/mol. The first-order valence-electron chi connectivity index (χ1n) is 3.86. The SMILES string of the molecule is CC(=O)c1cc2ccccc2[nH]1. The summed E-state index contributed by atoms with van der Waals surface area (Å²) in [6, 6.07) is 9.72. The molecule has 0 fully saturated rings. The minimum absolute atomic E-state index is 0.0752. The zero-order valence-corrected chi connectivity index (χ0v) is 6.79. The van der Waals surface area contributed by atoms with Crippen molar-refractivity contribution in [2.75, 3.05) is 0 Å². The maximum Gasteiger partial charge on any atom is 0.175 e. The van der Waals surface area contributed by atoms with Gasteiger partial charge in [0.05, 0.1) is 5.69 Å². The van der Waals surface area contributed by atoms with Crippen LogP contribution in [0.1, 0.15) is 17.4 Å². The first kappa shape index (κ1) is 7.10. The topological polar surface area (TPSA) is 32.9 Å². The first-order chi connectivity index (χ1) is 5.77. The van der Waals surface area contributed by atoms with E-state index in [2.05, 4.69) is 4.98 Å². The third-order valence-electron chi connectivity index (χ3n) is 1.91. The number of aromatic nitrogens is 1. The Kier molecular flexibility index (Phi) is 1.47. The fraction of sp³-hybridized carbons (Fsp3) is 0.100. The minimum Gasteiger partial charge on any atom is -0.352 e. The van der Waals surface area contributed by atoms with Gasteiger partial charge in [-0.1, -0.05) is 18.2 Å². The Hall–Kier alpha value is -1.57. The molecule has 0 amide bonds. The molecule has 0 aliphatic carbocycles. The van der Waals surface area contributed by atoms with E-state index < -0.39 is 0 Å². The van der Waals surface area contributed by atoms with Crippen LogP contribution >= 0.6 is 0 Å². The first-order valence-corrected chi connectivity index (χ1v) is 3.86. The molecule has 1 aromatic heterocycles. The number of hydrogen-bond donors (Lipinski definition) is 1. The predicted molar refractivity (Wildman–Crippen MR) is 48.3 cm³/mol. The average Bonchev–Trinajstić information content (AvgIpc) is 2.46. The summed E-state index contributed by atoms with van der Waals surface area (Å²) >= 11 is 0. The molecule has 0 aliphatic heterocycles. The van der Waals surface area contributed by atoms with Crippen LogP contribution < -0.4 is 0 Å². The molecule has 0 saturated carbocycles. The Morgan fingerprint density at radius 1 is 1.33 bits per heavy atom. The van der Waals surface area contributed by atoms with Crippen molar-refractivity contribution in [3.05, 3.63) is 36.0 Å². The molecule has 0 bridgehead atoms. The number of carbonyl (C=O) groups is 1. The molecule has 1 aromatic carbocycles. The van der Waals surface area contributed by atoms with Crippen molar-refractivity contribution in [3.8, 4) is 0 Å². The number of nitrogens with one attached hydrogen (secondary N) is 1. The van der Waals surface area contributed by atoms with E-state index in [-0.39, 0.29) is 5.78 Å². The van der Waals surface area contributed by atoms with Gasteiger partial charge in [-0.15, -0.1) is 0 Å². The molecule has 0 unspecified atom stereocenters. The Balaban J connectivity index is 2.70. The number of ketones is 1. The highest BCUT2D eigenvalue weighted by molar-refractivity contribution is 5.97. The van der Waals surface area contributed by atoms with Gasteiger partial charge in [-0.3, -0.25) is 4.79 Å². The van der Waals surface area contributed by atoms with E-state index in [1.165, 1.54) is 0 Å². The van der Waals surface area contributed by atoms with Crippen molar-refractivity contribution in [1.29, 1.82) is 0 Å². The third kappa shape index (κ3) is 1.01. The molecule has 2 rings (SSSR count). The standard InChI is InChI=1S/C10H9NO/c1-7(12)10-6-8-4-2-3-5-9(8)11-10/h2-6,11H,1H3. The Bertz CT molecular complexity index is 395.